The Hall–Kier alpha value is -3.64. The van der Waals surface area contributed by atoms with E-state index in [2.05, 4.69) is 141 Å². The molecule has 4 aromatic rings. The summed E-state index contributed by atoms with van der Waals surface area (Å²) in [6.45, 7) is 4.38. The topological polar surface area (TPSA) is 0 Å². The van der Waals surface area contributed by atoms with Gasteiger partial charge in [0.25, 0.3) is 0 Å². The van der Waals surface area contributed by atoms with Gasteiger partial charge in [0.1, 0.15) is 0 Å². The number of benzene rings is 4. The van der Waals surface area contributed by atoms with Crippen LogP contribution in [0, 0.1) is 0 Å². The fourth-order valence-corrected chi connectivity index (χ4v) is 4.58. The van der Waals surface area contributed by atoms with Crippen LogP contribution in [0.25, 0.3) is 12.2 Å². The van der Waals surface area contributed by atoms with Crippen molar-refractivity contribution in [3.8, 4) is 0 Å². The summed E-state index contributed by atoms with van der Waals surface area (Å²) in [6, 6.07) is 37.9. The Balaban J connectivity index is 1.25. The Morgan fingerprint density at radius 1 is 0.556 bits per heavy atom. The van der Waals surface area contributed by atoms with Crippen LogP contribution in [0.2, 0.25) is 0 Å². The van der Waals surface area contributed by atoms with Crippen molar-refractivity contribution >= 4 is 12.2 Å². The Morgan fingerprint density at radius 2 is 1.03 bits per heavy atom. The summed E-state index contributed by atoms with van der Waals surface area (Å²) in [5.41, 5.74) is 9.49. The van der Waals surface area contributed by atoms with E-state index in [1.807, 2.05) is 0 Å². The SMILES string of the molecule is C/C=C/CCc1ccc(CCc2ccc(/C=C/c3ccc(CC(C)c4ccccc4)cc3)cc2)cc1. The molecule has 182 valence electrons. The van der Waals surface area contributed by atoms with Crippen LogP contribution in [0.1, 0.15) is 65.1 Å². The average molecular weight is 471 g/mol. The fraction of sp³-hybridized carbons (Fsp3) is 0.222. The van der Waals surface area contributed by atoms with Gasteiger partial charge >= 0.3 is 0 Å². The Morgan fingerprint density at radius 3 is 1.56 bits per heavy atom. The van der Waals surface area contributed by atoms with Crippen LogP contribution in [0.5, 0.6) is 0 Å². The molecule has 0 heteroatoms. The summed E-state index contributed by atoms with van der Waals surface area (Å²) in [4.78, 5) is 0. The lowest BCUT2D eigenvalue weighted by Gasteiger charge is -2.12. The van der Waals surface area contributed by atoms with Gasteiger partial charge in [-0.15, -0.1) is 0 Å². The zero-order valence-corrected chi connectivity index (χ0v) is 21.7. The van der Waals surface area contributed by atoms with E-state index in [0.29, 0.717) is 5.92 Å². The van der Waals surface area contributed by atoms with Crippen LogP contribution in [0.15, 0.2) is 115 Å². The van der Waals surface area contributed by atoms with Gasteiger partial charge in [-0.1, -0.05) is 134 Å². The number of aryl methyl sites for hydroxylation is 3. The van der Waals surface area contributed by atoms with E-state index in [4.69, 9.17) is 0 Å². The van der Waals surface area contributed by atoms with Crippen LogP contribution in [-0.2, 0) is 25.7 Å². The molecule has 0 saturated carbocycles. The Kier molecular flexibility index (Phi) is 9.51. The lowest BCUT2D eigenvalue weighted by atomic mass is 9.93. The first-order chi connectivity index (χ1) is 17.7. The first-order valence-corrected chi connectivity index (χ1v) is 13.3. The van der Waals surface area contributed by atoms with Crippen LogP contribution >= 0.6 is 0 Å². The van der Waals surface area contributed by atoms with E-state index in [9.17, 15) is 0 Å². The first kappa shape index (κ1) is 25.5. The summed E-state index contributed by atoms with van der Waals surface area (Å²) in [5, 5.41) is 0. The van der Waals surface area contributed by atoms with Gasteiger partial charge in [-0.05, 0) is 83.9 Å². The minimum Gasteiger partial charge on any atom is -0.0917 e. The molecule has 0 amide bonds. The fourth-order valence-electron chi connectivity index (χ4n) is 4.58. The van der Waals surface area contributed by atoms with Crippen LogP contribution in [0.4, 0.5) is 0 Å². The van der Waals surface area contributed by atoms with E-state index in [0.717, 1.165) is 32.1 Å². The molecule has 1 unspecified atom stereocenters. The molecule has 4 rings (SSSR count). The summed E-state index contributed by atoms with van der Waals surface area (Å²) < 4.78 is 0. The average Bonchev–Trinajstić information content (AvgIpc) is 2.93. The molecule has 0 nitrogen and oxygen atoms in total. The maximum Gasteiger partial charge on any atom is -0.0150 e. The van der Waals surface area contributed by atoms with Crippen molar-refractivity contribution in [3.05, 3.63) is 154 Å². The minimum atomic E-state index is 0.527. The highest BCUT2D eigenvalue weighted by Gasteiger charge is 2.06. The van der Waals surface area contributed by atoms with Crippen molar-refractivity contribution < 1.29 is 0 Å². The maximum atomic E-state index is 2.30. The number of hydrogen-bond donors (Lipinski definition) is 0. The predicted molar refractivity (Wildman–Crippen MR) is 157 cm³/mol. The highest BCUT2D eigenvalue weighted by molar-refractivity contribution is 5.69. The van der Waals surface area contributed by atoms with E-state index < -0.39 is 0 Å². The van der Waals surface area contributed by atoms with E-state index in [-0.39, 0.29) is 0 Å². The highest BCUT2D eigenvalue weighted by Crippen LogP contribution is 2.21. The third-order valence-corrected chi connectivity index (χ3v) is 6.90. The molecule has 0 aliphatic heterocycles. The minimum absolute atomic E-state index is 0.527. The van der Waals surface area contributed by atoms with Crippen molar-refractivity contribution in [2.75, 3.05) is 0 Å². The molecule has 0 bridgehead atoms. The molecular formula is C36H38. The molecule has 0 radical (unpaired) electrons. The van der Waals surface area contributed by atoms with Crippen molar-refractivity contribution in [1.82, 2.24) is 0 Å². The van der Waals surface area contributed by atoms with E-state index in [1.54, 1.807) is 0 Å². The van der Waals surface area contributed by atoms with Crippen LogP contribution < -0.4 is 0 Å². The van der Waals surface area contributed by atoms with Gasteiger partial charge in [-0.3, -0.25) is 0 Å². The smallest absolute Gasteiger partial charge is 0.0150 e. The van der Waals surface area contributed by atoms with E-state index >= 15 is 0 Å². The molecule has 0 aliphatic rings. The molecule has 0 aromatic heterocycles. The Bertz CT molecular complexity index is 1220. The van der Waals surface area contributed by atoms with Crippen LogP contribution in [-0.4, -0.2) is 0 Å². The Labute approximate surface area is 218 Å². The number of allylic oxidation sites excluding steroid dienone is 2. The van der Waals surface area contributed by atoms with Crippen molar-refractivity contribution in [3.63, 3.8) is 0 Å². The normalized spacial score (nSPS) is 12.4. The maximum absolute atomic E-state index is 2.30. The van der Waals surface area contributed by atoms with Gasteiger partial charge in [0.15, 0.2) is 0 Å². The number of hydrogen-bond acceptors (Lipinski definition) is 0. The summed E-state index contributed by atoms with van der Waals surface area (Å²) in [6.07, 6.45) is 14.2. The molecule has 0 spiro atoms. The molecule has 36 heavy (non-hydrogen) atoms. The van der Waals surface area contributed by atoms with Gasteiger partial charge < -0.3 is 0 Å². The molecule has 0 heterocycles. The summed E-state index contributed by atoms with van der Waals surface area (Å²) in [7, 11) is 0. The largest absolute Gasteiger partial charge is 0.0917 e. The monoisotopic (exact) mass is 470 g/mol. The van der Waals surface area contributed by atoms with Gasteiger partial charge in [0.2, 0.25) is 0 Å². The molecule has 0 fully saturated rings. The van der Waals surface area contributed by atoms with Gasteiger partial charge in [0.05, 0.1) is 0 Å². The van der Waals surface area contributed by atoms with Gasteiger partial charge in [-0.2, -0.15) is 0 Å². The van der Waals surface area contributed by atoms with Crippen molar-refractivity contribution in [2.24, 2.45) is 0 Å². The lowest BCUT2D eigenvalue weighted by molar-refractivity contribution is 0.759. The summed E-state index contributed by atoms with van der Waals surface area (Å²) in [5.74, 6) is 0.527. The highest BCUT2D eigenvalue weighted by atomic mass is 14.1. The molecule has 4 aromatic carbocycles. The first-order valence-electron chi connectivity index (χ1n) is 13.3. The zero-order valence-electron chi connectivity index (χ0n) is 21.7. The van der Waals surface area contributed by atoms with Gasteiger partial charge in [-0.25, -0.2) is 0 Å². The summed E-state index contributed by atoms with van der Waals surface area (Å²) >= 11 is 0. The second-order valence-electron chi connectivity index (χ2n) is 9.76. The molecule has 1 atom stereocenters. The third-order valence-electron chi connectivity index (χ3n) is 6.90. The predicted octanol–water partition coefficient (Wildman–Crippen LogP) is 9.50. The zero-order chi connectivity index (χ0) is 25.0. The van der Waals surface area contributed by atoms with Crippen molar-refractivity contribution in [2.45, 2.75) is 51.9 Å². The van der Waals surface area contributed by atoms with Crippen molar-refractivity contribution in [1.29, 1.82) is 0 Å². The van der Waals surface area contributed by atoms with E-state index in [1.165, 1.54) is 38.9 Å². The quantitative estimate of drug-likeness (QED) is 0.151. The standard InChI is InChI=1S/C36H38/c1-3-4-6-9-30-12-14-31(15-13-30)16-17-32-18-20-33(21-19-32)22-23-34-24-26-35(27-25-34)28-29(2)36-10-7-5-8-11-36/h3-5,7-8,10-15,18-27,29H,6,9,16-17,28H2,1-2H3/b4-3+,23-22+. The second-order valence-corrected chi connectivity index (χ2v) is 9.76. The molecular weight excluding hydrogens is 432 g/mol. The molecule has 0 aliphatic carbocycles. The molecule has 0 N–H and O–H groups in total. The second kappa shape index (κ2) is 13.4. The molecule has 0 saturated heterocycles. The van der Waals surface area contributed by atoms with Gasteiger partial charge in [0, 0.05) is 0 Å². The lowest BCUT2D eigenvalue weighted by Crippen LogP contribution is -1.98. The van der Waals surface area contributed by atoms with Crippen LogP contribution in [0.3, 0.4) is 0 Å². The third kappa shape index (κ3) is 7.95. The number of rotatable bonds is 11.